The minimum Gasteiger partial charge on any atom is -0.406 e. The molecule has 0 bridgehead atoms. The van der Waals surface area contributed by atoms with E-state index in [1.807, 2.05) is 13.0 Å². The highest BCUT2D eigenvalue weighted by Crippen LogP contribution is 2.29. The van der Waals surface area contributed by atoms with E-state index < -0.39 is 11.9 Å². The van der Waals surface area contributed by atoms with Crippen LogP contribution in [0.15, 0.2) is 48.2 Å². The largest absolute Gasteiger partial charge is 0.573 e. The van der Waals surface area contributed by atoms with Crippen LogP contribution in [-0.4, -0.2) is 41.3 Å². The molecule has 1 fully saturated rings. The van der Waals surface area contributed by atoms with Crippen LogP contribution < -0.4 is 10.5 Å². The van der Waals surface area contributed by atoms with Crippen LogP contribution in [0.25, 0.3) is 17.2 Å². The molecule has 154 valence electrons. The van der Waals surface area contributed by atoms with Crippen molar-refractivity contribution in [2.45, 2.75) is 31.7 Å². The van der Waals surface area contributed by atoms with Gasteiger partial charge in [0.2, 0.25) is 5.91 Å². The van der Waals surface area contributed by atoms with Crippen molar-refractivity contribution in [3.05, 3.63) is 53.9 Å². The van der Waals surface area contributed by atoms with Gasteiger partial charge < -0.3 is 15.4 Å². The second-order valence-corrected chi connectivity index (χ2v) is 7.35. The van der Waals surface area contributed by atoms with Crippen LogP contribution in [0.4, 0.5) is 13.2 Å². The number of rotatable bonds is 5. The van der Waals surface area contributed by atoms with Crippen molar-refractivity contribution in [3.8, 4) is 16.9 Å². The van der Waals surface area contributed by atoms with Crippen LogP contribution in [0.1, 0.15) is 25.5 Å². The summed E-state index contributed by atoms with van der Waals surface area (Å²) in [5.41, 5.74) is 8.17. The molecule has 5 nitrogen and oxygen atoms in total. The Bertz CT molecular complexity index is 943. The Balaban J connectivity index is 1.80. The maximum atomic E-state index is 12.5. The monoisotopic (exact) mass is 405 g/mol. The second-order valence-electron chi connectivity index (χ2n) is 7.35. The smallest absolute Gasteiger partial charge is 0.406 e. The first-order chi connectivity index (χ1) is 13.6. The lowest BCUT2D eigenvalue weighted by atomic mass is 9.90. The topological polar surface area (TPSA) is 68.5 Å². The predicted molar refractivity (Wildman–Crippen MR) is 104 cm³/mol. The number of aromatic nitrogens is 1. The Hall–Kier alpha value is -2.87. The van der Waals surface area contributed by atoms with Gasteiger partial charge in [0.05, 0.1) is 5.69 Å². The van der Waals surface area contributed by atoms with Gasteiger partial charge in [0.25, 0.3) is 0 Å². The molecule has 1 amide bonds. The molecule has 29 heavy (non-hydrogen) atoms. The number of carbonyl (C=O) groups excluding carboxylic acids is 1. The fourth-order valence-electron chi connectivity index (χ4n) is 3.50. The first kappa shape index (κ1) is 20.9. The van der Waals surface area contributed by atoms with E-state index in [1.54, 1.807) is 36.3 Å². The molecule has 2 N–H and O–H groups in total. The number of amides is 1. The van der Waals surface area contributed by atoms with Gasteiger partial charge in [-0.05, 0) is 61.2 Å². The van der Waals surface area contributed by atoms with Crippen molar-refractivity contribution < 1.29 is 22.7 Å². The van der Waals surface area contributed by atoms with Crippen LogP contribution in [-0.2, 0) is 4.79 Å². The van der Waals surface area contributed by atoms with Crippen LogP contribution in [0, 0.1) is 0 Å². The zero-order valence-corrected chi connectivity index (χ0v) is 16.2. The van der Waals surface area contributed by atoms with Gasteiger partial charge in [-0.3, -0.25) is 9.78 Å². The maximum Gasteiger partial charge on any atom is 0.573 e. The van der Waals surface area contributed by atoms with Crippen LogP contribution in [0.2, 0.25) is 0 Å². The minimum atomic E-state index is -4.74. The third-order valence-corrected chi connectivity index (χ3v) is 4.84. The summed E-state index contributed by atoms with van der Waals surface area (Å²) in [5, 5.41) is 0. The van der Waals surface area contributed by atoms with E-state index in [0.717, 1.165) is 5.57 Å². The Kier molecular flexibility index (Phi) is 5.66. The van der Waals surface area contributed by atoms with Crippen LogP contribution in [0.5, 0.6) is 5.75 Å². The summed E-state index contributed by atoms with van der Waals surface area (Å²) in [6.07, 6.45) is -0.325. The molecule has 1 aromatic carbocycles. The minimum absolute atomic E-state index is 0.0755. The van der Waals surface area contributed by atoms with Gasteiger partial charge in [0.15, 0.2) is 0 Å². The number of hydrogen-bond donors (Lipinski definition) is 1. The molecule has 0 spiro atoms. The van der Waals surface area contributed by atoms with Crippen molar-refractivity contribution in [3.63, 3.8) is 0 Å². The molecular weight excluding hydrogens is 383 g/mol. The molecule has 0 saturated carbocycles. The first-order valence-electron chi connectivity index (χ1n) is 9.10. The van der Waals surface area contributed by atoms with E-state index in [1.165, 1.54) is 18.2 Å². The quantitative estimate of drug-likeness (QED) is 0.817. The Morgan fingerprint density at radius 1 is 1.31 bits per heavy atom. The summed E-state index contributed by atoms with van der Waals surface area (Å²) in [7, 11) is 1.73. The van der Waals surface area contributed by atoms with Gasteiger partial charge in [0.1, 0.15) is 11.3 Å². The predicted octanol–water partition coefficient (Wildman–Crippen LogP) is 4.00. The number of halogens is 3. The molecule has 1 aromatic heterocycles. The van der Waals surface area contributed by atoms with Crippen molar-refractivity contribution >= 4 is 12.0 Å². The van der Waals surface area contributed by atoms with Crippen molar-refractivity contribution in [2.75, 3.05) is 13.6 Å². The lowest BCUT2D eigenvalue weighted by molar-refractivity contribution is -0.274. The number of hydrogen-bond acceptors (Lipinski definition) is 4. The van der Waals surface area contributed by atoms with E-state index in [2.05, 4.69) is 9.72 Å². The zero-order chi connectivity index (χ0) is 21.2. The fourth-order valence-corrected chi connectivity index (χ4v) is 3.50. The Morgan fingerprint density at radius 3 is 2.69 bits per heavy atom. The summed E-state index contributed by atoms with van der Waals surface area (Å²) in [6.45, 7) is 2.51. The third kappa shape index (κ3) is 5.14. The van der Waals surface area contributed by atoms with Crippen LogP contribution in [0.3, 0.4) is 0 Å². The van der Waals surface area contributed by atoms with Gasteiger partial charge in [-0.2, -0.15) is 0 Å². The Morgan fingerprint density at radius 2 is 2.03 bits per heavy atom. The van der Waals surface area contributed by atoms with Gasteiger partial charge in [-0.1, -0.05) is 17.7 Å². The molecule has 1 saturated heterocycles. The van der Waals surface area contributed by atoms with Gasteiger partial charge in [0, 0.05) is 19.8 Å². The third-order valence-electron chi connectivity index (χ3n) is 4.84. The van der Waals surface area contributed by atoms with Crippen molar-refractivity contribution in [1.82, 2.24) is 9.88 Å². The molecule has 1 atom stereocenters. The first-order valence-corrected chi connectivity index (χ1v) is 9.10. The molecule has 2 aromatic rings. The molecule has 3 rings (SSSR count). The number of likely N-dealkylation sites (tertiary alicyclic amines) is 1. The van der Waals surface area contributed by atoms with E-state index in [0.29, 0.717) is 36.2 Å². The molecule has 0 radical (unpaired) electrons. The number of likely N-dealkylation sites (N-methyl/N-ethyl adjacent to an activating group) is 1. The standard InChI is InChI=1S/C21H22F3N3O2/c1-14(13-20(25)7-9-27(2)19(20)28)10-17-11-16(6-8-26-17)15-4-3-5-18(12-15)29-21(22,23)24/h3-6,8,10-12H,7,9,13,25H2,1-2H3. The molecule has 2 heterocycles. The van der Waals surface area contributed by atoms with Gasteiger partial charge in [-0.15, -0.1) is 13.2 Å². The highest BCUT2D eigenvalue weighted by atomic mass is 19.4. The lowest BCUT2D eigenvalue weighted by Crippen LogP contribution is -2.47. The zero-order valence-electron chi connectivity index (χ0n) is 16.2. The van der Waals surface area contributed by atoms with Crippen molar-refractivity contribution in [2.24, 2.45) is 5.73 Å². The lowest BCUT2D eigenvalue weighted by Gasteiger charge is -2.22. The summed E-state index contributed by atoms with van der Waals surface area (Å²) < 4.78 is 41.4. The number of carbonyl (C=O) groups is 1. The molecule has 1 aliphatic heterocycles. The van der Waals surface area contributed by atoms with E-state index >= 15 is 0 Å². The summed E-state index contributed by atoms with van der Waals surface area (Å²) in [6, 6.07) is 9.24. The molecular formula is C21H22F3N3O2. The number of ether oxygens (including phenoxy) is 1. The number of pyridine rings is 1. The molecule has 1 unspecified atom stereocenters. The average Bonchev–Trinajstić information content (AvgIpc) is 2.88. The SMILES string of the molecule is CC(=Cc1cc(-c2cccc(OC(F)(F)F)c2)ccn1)CC1(N)CCN(C)C1=O. The number of benzene rings is 1. The van der Waals surface area contributed by atoms with E-state index in [4.69, 9.17) is 5.73 Å². The highest BCUT2D eigenvalue weighted by molar-refractivity contribution is 5.88. The average molecular weight is 405 g/mol. The summed E-state index contributed by atoms with van der Waals surface area (Å²) in [5.74, 6) is -0.359. The summed E-state index contributed by atoms with van der Waals surface area (Å²) in [4.78, 5) is 18.2. The molecule has 1 aliphatic rings. The summed E-state index contributed by atoms with van der Waals surface area (Å²) >= 11 is 0. The van der Waals surface area contributed by atoms with Gasteiger partial charge in [-0.25, -0.2) is 0 Å². The fraction of sp³-hybridized carbons (Fsp3) is 0.333. The van der Waals surface area contributed by atoms with E-state index in [9.17, 15) is 18.0 Å². The highest BCUT2D eigenvalue weighted by Gasteiger charge is 2.41. The number of nitrogens with zero attached hydrogens (tertiary/aromatic N) is 2. The maximum absolute atomic E-state index is 12.5. The van der Waals surface area contributed by atoms with Gasteiger partial charge >= 0.3 is 6.36 Å². The number of nitrogens with two attached hydrogens (primary N) is 1. The second kappa shape index (κ2) is 7.87. The molecule has 0 aliphatic carbocycles. The van der Waals surface area contributed by atoms with Crippen molar-refractivity contribution in [1.29, 1.82) is 0 Å². The normalized spacial score (nSPS) is 20.3. The number of alkyl halides is 3. The van der Waals surface area contributed by atoms with Crippen LogP contribution >= 0.6 is 0 Å². The Labute approximate surface area is 167 Å². The molecule has 8 heteroatoms. The van der Waals surface area contributed by atoms with E-state index in [-0.39, 0.29) is 11.7 Å².